The molecule has 6 nitrogen and oxygen atoms in total. The number of nitrogens with one attached hydrogen (secondary N) is 2. The molecule has 0 amide bonds. The van der Waals surface area contributed by atoms with Crippen LogP contribution in [-0.2, 0) is 0 Å². The van der Waals surface area contributed by atoms with Crippen molar-refractivity contribution in [1.29, 1.82) is 0 Å². The van der Waals surface area contributed by atoms with Gasteiger partial charge in [-0.25, -0.2) is 4.98 Å². The summed E-state index contributed by atoms with van der Waals surface area (Å²) in [6, 6.07) is 0.322. The summed E-state index contributed by atoms with van der Waals surface area (Å²) in [5.74, 6) is 0.710. The van der Waals surface area contributed by atoms with E-state index in [9.17, 15) is 0 Å². The van der Waals surface area contributed by atoms with Gasteiger partial charge in [0.1, 0.15) is 11.0 Å². The lowest BCUT2D eigenvalue weighted by molar-refractivity contribution is 0.295. The number of halogens is 1. The number of aromatic amines is 1. The van der Waals surface area contributed by atoms with Gasteiger partial charge in [0, 0.05) is 6.04 Å². The number of fused-ring (bicyclic) bond motifs is 1. The average molecular weight is 311 g/mol. The molecule has 21 heavy (non-hydrogen) atoms. The largest absolute Gasteiger partial charge is 0.364 e. The molecule has 2 heterocycles. The minimum atomic E-state index is 0.322. The van der Waals surface area contributed by atoms with E-state index in [0.717, 1.165) is 38.0 Å². The summed E-state index contributed by atoms with van der Waals surface area (Å²) < 4.78 is 0. The number of anilines is 1. The van der Waals surface area contributed by atoms with E-state index in [-0.39, 0.29) is 0 Å². The Labute approximate surface area is 130 Å². The predicted octanol–water partition coefficient (Wildman–Crippen LogP) is 2.93. The maximum absolute atomic E-state index is 5.97. The molecular weight excluding hydrogens is 288 g/mol. The second-order valence-corrected chi connectivity index (χ2v) is 5.54. The Hall–Kier alpha value is -1.40. The Morgan fingerprint density at radius 2 is 2.10 bits per heavy atom. The van der Waals surface area contributed by atoms with Gasteiger partial charge in [-0.05, 0) is 39.4 Å². The van der Waals surface area contributed by atoms with E-state index in [1.807, 2.05) is 0 Å². The zero-order valence-corrected chi connectivity index (χ0v) is 13.6. The zero-order valence-electron chi connectivity index (χ0n) is 12.9. The molecular formula is C14H23ClN6. The van der Waals surface area contributed by atoms with E-state index in [4.69, 9.17) is 11.6 Å². The normalized spacial score (nSPS) is 13.0. The Kier molecular flexibility index (Phi) is 5.76. The van der Waals surface area contributed by atoms with E-state index >= 15 is 0 Å². The molecule has 0 saturated heterocycles. The van der Waals surface area contributed by atoms with E-state index in [0.29, 0.717) is 22.5 Å². The fraction of sp³-hybridized carbons (Fsp3) is 0.643. The standard InChI is InChI=1S/C14H23ClN6/c1-4-21(5-2)8-6-7-10(3)18-14-12-11(16-9-17-12)13(15)19-20-14/h9-10H,4-8H2,1-3H3,(H,16,17)(H,18,20). The van der Waals surface area contributed by atoms with Crippen molar-refractivity contribution in [2.24, 2.45) is 0 Å². The van der Waals surface area contributed by atoms with E-state index in [1.165, 1.54) is 0 Å². The van der Waals surface area contributed by atoms with Crippen molar-refractivity contribution in [2.45, 2.75) is 39.7 Å². The first-order valence-corrected chi connectivity index (χ1v) is 7.87. The number of aromatic nitrogens is 4. The van der Waals surface area contributed by atoms with Crippen LogP contribution in [0.15, 0.2) is 6.33 Å². The highest BCUT2D eigenvalue weighted by Crippen LogP contribution is 2.23. The zero-order chi connectivity index (χ0) is 15.2. The smallest absolute Gasteiger partial charge is 0.179 e. The molecule has 0 aliphatic carbocycles. The molecule has 1 unspecified atom stereocenters. The molecule has 0 saturated carbocycles. The topological polar surface area (TPSA) is 69.7 Å². The van der Waals surface area contributed by atoms with Gasteiger partial charge in [0.15, 0.2) is 11.0 Å². The summed E-state index contributed by atoms with van der Waals surface area (Å²) in [5, 5.41) is 11.8. The van der Waals surface area contributed by atoms with Gasteiger partial charge in [0.05, 0.1) is 6.33 Å². The summed E-state index contributed by atoms with van der Waals surface area (Å²) in [4.78, 5) is 9.65. The van der Waals surface area contributed by atoms with Gasteiger partial charge in [-0.3, -0.25) is 0 Å². The second-order valence-electron chi connectivity index (χ2n) is 5.18. The third kappa shape index (κ3) is 4.04. The first-order valence-electron chi connectivity index (χ1n) is 7.49. The van der Waals surface area contributed by atoms with Gasteiger partial charge < -0.3 is 15.2 Å². The van der Waals surface area contributed by atoms with Crippen LogP contribution in [0.2, 0.25) is 5.15 Å². The summed E-state index contributed by atoms with van der Waals surface area (Å²) in [6.07, 6.45) is 3.84. The predicted molar refractivity (Wildman–Crippen MR) is 86.8 cm³/mol. The molecule has 0 aliphatic rings. The highest BCUT2D eigenvalue weighted by Gasteiger charge is 2.12. The molecule has 0 fully saturated rings. The van der Waals surface area contributed by atoms with Crippen molar-refractivity contribution in [3.05, 3.63) is 11.5 Å². The fourth-order valence-corrected chi connectivity index (χ4v) is 2.57. The van der Waals surface area contributed by atoms with Crippen molar-refractivity contribution >= 4 is 28.5 Å². The Balaban J connectivity index is 1.91. The Bertz CT molecular complexity index is 566. The molecule has 7 heteroatoms. The lowest BCUT2D eigenvalue weighted by Crippen LogP contribution is -2.25. The van der Waals surface area contributed by atoms with Crippen molar-refractivity contribution in [3.8, 4) is 0 Å². The summed E-state index contributed by atoms with van der Waals surface area (Å²) in [6.45, 7) is 9.89. The van der Waals surface area contributed by atoms with Crippen LogP contribution in [0.4, 0.5) is 5.82 Å². The van der Waals surface area contributed by atoms with Gasteiger partial charge in [-0.1, -0.05) is 25.4 Å². The van der Waals surface area contributed by atoms with Gasteiger partial charge in [0.2, 0.25) is 0 Å². The molecule has 2 aromatic heterocycles. The average Bonchev–Trinajstić information content (AvgIpc) is 2.97. The maximum Gasteiger partial charge on any atom is 0.179 e. The molecule has 0 radical (unpaired) electrons. The molecule has 0 spiro atoms. The van der Waals surface area contributed by atoms with Crippen molar-refractivity contribution in [3.63, 3.8) is 0 Å². The molecule has 2 aromatic rings. The number of rotatable bonds is 8. The van der Waals surface area contributed by atoms with Gasteiger partial charge in [-0.15, -0.1) is 10.2 Å². The molecule has 2 N–H and O–H groups in total. The maximum atomic E-state index is 5.97. The number of hydrogen-bond acceptors (Lipinski definition) is 5. The summed E-state index contributed by atoms with van der Waals surface area (Å²) in [5.41, 5.74) is 1.47. The molecule has 2 rings (SSSR count). The van der Waals surface area contributed by atoms with E-state index < -0.39 is 0 Å². The van der Waals surface area contributed by atoms with Crippen molar-refractivity contribution in [2.75, 3.05) is 25.0 Å². The molecule has 116 valence electrons. The number of hydrogen-bond donors (Lipinski definition) is 2. The summed E-state index contributed by atoms with van der Waals surface area (Å²) >= 11 is 5.97. The first kappa shape index (κ1) is 16.0. The fourth-order valence-electron chi connectivity index (χ4n) is 2.39. The molecule has 0 aliphatic heterocycles. The van der Waals surface area contributed by atoms with Gasteiger partial charge in [0.25, 0.3) is 0 Å². The monoisotopic (exact) mass is 310 g/mol. The van der Waals surface area contributed by atoms with E-state index in [1.54, 1.807) is 6.33 Å². The molecule has 0 bridgehead atoms. The summed E-state index contributed by atoms with van der Waals surface area (Å²) in [7, 11) is 0. The SMILES string of the molecule is CCN(CC)CCCC(C)Nc1nnc(Cl)c2nc[nH]c12. The van der Waals surface area contributed by atoms with Crippen molar-refractivity contribution < 1.29 is 0 Å². The van der Waals surface area contributed by atoms with Crippen LogP contribution < -0.4 is 5.32 Å². The lowest BCUT2D eigenvalue weighted by atomic mass is 10.1. The molecule has 0 aromatic carbocycles. The quantitative estimate of drug-likeness (QED) is 0.784. The van der Waals surface area contributed by atoms with Crippen LogP contribution in [0.1, 0.15) is 33.6 Å². The third-order valence-corrected chi connectivity index (χ3v) is 3.95. The Morgan fingerprint density at radius 3 is 2.81 bits per heavy atom. The Morgan fingerprint density at radius 1 is 1.33 bits per heavy atom. The molecule has 1 atom stereocenters. The highest BCUT2D eigenvalue weighted by molar-refractivity contribution is 6.33. The third-order valence-electron chi connectivity index (χ3n) is 3.70. The second kappa shape index (κ2) is 7.56. The lowest BCUT2D eigenvalue weighted by Gasteiger charge is -2.20. The van der Waals surface area contributed by atoms with Crippen LogP contribution in [-0.4, -0.2) is 50.7 Å². The first-order chi connectivity index (χ1) is 10.2. The highest BCUT2D eigenvalue weighted by atomic mass is 35.5. The minimum Gasteiger partial charge on any atom is -0.364 e. The van der Waals surface area contributed by atoms with Crippen LogP contribution in [0, 0.1) is 0 Å². The van der Waals surface area contributed by atoms with Gasteiger partial charge in [-0.2, -0.15) is 0 Å². The van der Waals surface area contributed by atoms with Gasteiger partial charge >= 0.3 is 0 Å². The van der Waals surface area contributed by atoms with Crippen LogP contribution in [0.5, 0.6) is 0 Å². The number of nitrogens with zero attached hydrogens (tertiary/aromatic N) is 4. The number of imidazole rings is 1. The minimum absolute atomic E-state index is 0.322. The van der Waals surface area contributed by atoms with Crippen LogP contribution in [0.25, 0.3) is 11.0 Å². The number of H-pyrrole nitrogens is 1. The van der Waals surface area contributed by atoms with Crippen molar-refractivity contribution in [1.82, 2.24) is 25.1 Å². The van der Waals surface area contributed by atoms with E-state index in [2.05, 4.69) is 51.2 Å². The van der Waals surface area contributed by atoms with Crippen LogP contribution in [0.3, 0.4) is 0 Å². The van der Waals surface area contributed by atoms with Crippen LogP contribution >= 0.6 is 11.6 Å².